The van der Waals surface area contributed by atoms with Crippen LogP contribution in [0, 0.1) is 0 Å². The molecule has 2 aliphatic heterocycles. The van der Waals surface area contributed by atoms with Gasteiger partial charge in [-0.2, -0.15) is 0 Å². The van der Waals surface area contributed by atoms with E-state index >= 15 is 0 Å². The molecule has 2 atom stereocenters. The first kappa shape index (κ1) is 11.4. The lowest BCUT2D eigenvalue weighted by molar-refractivity contribution is -0.0730. The van der Waals surface area contributed by atoms with Gasteiger partial charge in [0, 0.05) is 18.7 Å². The van der Waals surface area contributed by atoms with E-state index in [4.69, 9.17) is 4.74 Å². The number of hydrogen-bond donors (Lipinski definition) is 1. The fourth-order valence-corrected chi connectivity index (χ4v) is 2.78. The van der Waals surface area contributed by atoms with Gasteiger partial charge in [0.2, 0.25) is 0 Å². The summed E-state index contributed by atoms with van der Waals surface area (Å²) in [6.45, 7) is 7.87. The second kappa shape index (κ2) is 5.28. The topological polar surface area (TPSA) is 24.5 Å². The number of rotatable bonds is 2. The lowest BCUT2D eigenvalue weighted by Crippen LogP contribution is -2.57. The maximum Gasteiger partial charge on any atom is 0.123 e. The molecule has 0 amide bonds. The van der Waals surface area contributed by atoms with Gasteiger partial charge in [0.25, 0.3) is 0 Å². The third-order valence-corrected chi connectivity index (χ3v) is 3.57. The van der Waals surface area contributed by atoms with E-state index in [1.165, 1.54) is 25.8 Å². The van der Waals surface area contributed by atoms with Crippen molar-refractivity contribution in [2.45, 2.75) is 57.8 Å². The van der Waals surface area contributed by atoms with E-state index in [-0.39, 0.29) is 6.23 Å². The lowest BCUT2D eigenvalue weighted by atomic mass is 9.98. The van der Waals surface area contributed by atoms with E-state index in [1.54, 1.807) is 0 Å². The van der Waals surface area contributed by atoms with Crippen molar-refractivity contribution in [2.75, 3.05) is 19.7 Å². The minimum atomic E-state index is 0.279. The van der Waals surface area contributed by atoms with Gasteiger partial charge in [-0.1, -0.05) is 6.42 Å². The third-order valence-electron chi connectivity index (χ3n) is 3.57. The molecule has 0 aromatic heterocycles. The largest absolute Gasteiger partial charge is 0.362 e. The number of nitrogens with one attached hydrogen (secondary N) is 1. The van der Waals surface area contributed by atoms with Gasteiger partial charge < -0.3 is 4.74 Å². The van der Waals surface area contributed by atoms with Crippen LogP contribution in [0.1, 0.15) is 39.5 Å². The van der Waals surface area contributed by atoms with Crippen LogP contribution in [-0.4, -0.2) is 42.9 Å². The molecule has 0 saturated carbocycles. The van der Waals surface area contributed by atoms with E-state index in [0.717, 1.165) is 19.6 Å². The second-order valence-corrected chi connectivity index (χ2v) is 4.99. The molecule has 0 aromatic rings. The summed E-state index contributed by atoms with van der Waals surface area (Å²) in [6, 6.07) is 1.24. The van der Waals surface area contributed by atoms with Crippen LogP contribution in [0.4, 0.5) is 0 Å². The average molecular weight is 212 g/mol. The Hall–Kier alpha value is -0.120. The third kappa shape index (κ3) is 2.71. The molecule has 0 radical (unpaired) electrons. The van der Waals surface area contributed by atoms with E-state index in [1.807, 2.05) is 0 Å². The van der Waals surface area contributed by atoms with Crippen molar-refractivity contribution >= 4 is 0 Å². The van der Waals surface area contributed by atoms with Crippen LogP contribution in [0.3, 0.4) is 0 Å². The van der Waals surface area contributed by atoms with Crippen LogP contribution in [0.25, 0.3) is 0 Å². The Labute approximate surface area is 93.2 Å². The fraction of sp³-hybridized carbons (Fsp3) is 1.00. The highest BCUT2D eigenvalue weighted by molar-refractivity contribution is 4.85. The number of piperidine rings is 1. The lowest BCUT2D eigenvalue weighted by Gasteiger charge is -2.43. The van der Waals surface area contributed by atoms with Crippen molar-refractivity contribution in [1.29, 1.82) is 0 Å². The Morgan fingerprint density at radius 2 is 2.13 bits per heavy atom. The summed E-state index contributed by atoms with van der Waals surface area (Å²) in [7, 11) is 0. The highest BCUT2D eigenvalue weighted by Crippen LogP contribution is 2.23. The molecule has 0 aromatic carbocycles. The fourth-order valence-electron chi connectivity index (χ4n) is 2.78. The second-order valence-electron chi connectivity index (χ2n) is 4.99. The zero-order chi connectivity index (χ0) is 10.7. The van der Waals surface area contributed by atoms with Crippen molar-refractivity contribution < 1.29 is 4.74 Å². The molecular weight excluding hydrogens is 188 g/mol. The summed E-state index contributed by atoms with van der Waals surface area (Å²) in [6.07, 6.45) is 5.43. The predicted molar refractivity (Wildman–Crippen MR) is 61.8 cm³/mol. The Morgan fingerprint density at radius 1 is 1.27 bits per heavy atom. The van der Waals surface area contributed by atoms with Gasteiger partial charge in [-0.15, -0.1) is 0 Å². The maximum absolute atomic E-state index is 5.85. The number of ether oxygens (including phenoxy) is 1. The van der Waals surface area contributed by atoms with Crippen LogP contribution < -0.4 is 5.32 Å². The number of likely N-dealkylation sites (tertiary alicyclic amines) is 1. The van der Waals surface area contributed by atoms with Gasteiger partial charge in [0.1, 0.15) is 6.23 Å². The number of hydrogen-bond acceptors (Lipinski definition) is 3. The normalized spacial score (nSPS) is 34.6. The first-order valence-corrected chi connectivity index (χ1v) is 6.40. The molecule has 2 heterocycles. The highest BCUT2D eigenvalue weighted by atomic mass is 16.5. The minimum absolute atomic E-state index is 0.279. The highest BCUT2D eigenvalue weighted by Gasteiger charge is 2.32. The van der Waals surface area contributed by atoms with Crippen molar-refractivity contribution in [1.82, 2.24) is 10.2 Å². The number of nitrogens with zero attached hydrogens (tertiary/aromatic N) is 1. The van der Waals surface area contributed by atoms with Crippen LogP contribution in [-0.2, 0) is 4.74 Å². The standard InChI is InChI=1S/C12H24N2O/c1-10(2)14-8-4-3-6-11(14)12-13-7-5-9-15-12/h10-13H,3-9H2,1-2H3. The average Bonchev–Trinajstić information content (AvgIpc) is 2.30. The summed E-state index contributed by atoms with van der Waals surface area (Å²) in [5.74, 6) is 0. The summed E-state index contributed by atoms with van der Waals surface area (Å²) >= 11 is 0. The predicted octanol–water partition coefficient (Wildman–Crippen LogP) is 1.59. The molecule has 3 heteroatoms. The van der Waals surface area contributed by atoms with Crippen LogP contribution in [0.5, 0.6) is 0 Å². The van der Waals surface area contributed by atoms with E-state index in [9.17, 15) is 0 Å². The van der Waals surface area contributed by atoms with Gasteiger partial charge in [-0.05, 0) is 46.2 Å². The zero-order valence-corrected chi connectivity index (χ0v) is 10.0. The van der Waals surface area contributed by atoms with Crippen LogP contribution in [0.2, 0.25) is 0 Å². The van der Waals surface area contributed by atoms with Crippen LogP contribution in [0.15, 0.2) is 0 Å². The molecular formula is C12H24N2O. The van der Waals surface area contributed by atoms with Crippen LogP contribution >= 0.6 is 0 Å². The molecule has 3 nitrogen and oxygen atoms in total. The molecule has 2 unspecified atom stereocenters. The van der Waals surface area contributed by atoms with Gasteiger partial charge in [-0.3, -0.25) is 10.2 Å². The molecule has 0 aliphatic carbocycles. The summed E-state index contributed by atoms with van der Waals surface area (Å²) in [4.78, 5) is 2.60. The molecule has 2 fully saturated rings. The minimum Gasteiger partial charge on any atom is -0.362 e. The van der Waals surface area contributed by atoms with Crippen molar-refractivity contribution in [3.8, 4) is 0 Å². The molecule has 2 rings (SSSR count). The first-order chi connectivity index (χ1) is 7.29. The summed E-state index contributed by atoms with van der Waals surface area (Å²) in [5, 5.41) is 3.51. The summed E-state index contributed by atoms with van der Waals surface area (Å²) < 4.78 is 5.85. The van der Waals surface area contributed by atoms with E-state index < -0.39 is 0 Å². The molecule has 15 heavy (non-hydrogen) atoms. The van der Waals surface area contributed by atoms with Gasteiger partial charge in [-0.25, -0.2) is 0 Å². The Balaban J connectivity index is 1.96. The Kier molecular flexibility index (Phi) is 4.00. The molecule has 2 saturated heterocycles. The zero-order valence-electron chi connectivity index (χ0n) is 10.0. The quantitative estimate of drug-likeness (QED) is 0.752. The maximum atomic E-state index is 5.85. The first-order valence-electron chi connectivity index (χ1n) is 6.40. The van der Waals surface area contributed by atoms with Crippen molar-refractivity contribution in [3.63, 3.8) is 0 Å². The van der Waals surface area contributed by atoms with Gasteiger partial charge in [0.05, 0.1) is 0 Å². The summed E-state index contributed by atoms with van der Waals surface area (Å²) in [5.41, 5.74) is 0. The molecule has 1 N–H and O–H groups in total. The van der Waals surface area contributed by atoms with Gasteiger partial charge in [0.15, 0.2) is 0 Å². The molecule has 0 bridgehead atoms. The van der Waals surface area contributed by atoms with Crippen molar-refractivity contribution in [2.24, 2.45) is 0 Å². The van der Waals surface area contributed by atoms with E-state index in [0.29, 0.717) is 12.1 Å². The SMILES string of the molecule is CC(C)N1CCCCC1C1NCCCO1. The molecule has 0 spiro atoms. The van der Waals surface area contributed by atoms with Gasteiger partial charge >= 0.3 is 0 Å². The Morgan fingerprint density at radius 3 is 2.80 bits per heavy atom. The molecule has 2 aliphatic rings. The monoisotopic (exact) mass is 212 g/mol. The Bertz CT molecular complexity index is 190. The molecule has 88 valence electrons. The smallest absolute Gasteiger partial charge is 0.123 e. The van der Waals surface area contributed by atoms with E-state index in [2.05, 4.69) is 24.1 Å². The van der Waals surface area contributed by atoms with Crippen molar-refractivity contribution in [3.05, 3.63) is 0 Å².